The lowest BCUT2D eigenvalue weighted by atomic mass is 10.2. The van der Waals surface area contributed by atoms with Crippen LogP contribution in [0.1, 0.15) is 36.5 Å². The van der Waals surface area contributed by atoms with Crippen LogP contribution in [0.15, 0.2) is 28.9 Å². The van der Waals surface area contributed by atoms with E-state index in [-0.39, 0.29) is 5.91 Å². The van der Waals surface area contributed by atoms with E-state index >= 15 is 0 Å². The molecule has 0 aromatic carbocycles. The molecule has 2 aromatic heterocycles. The summed E-state index contributed by atoms with van der Waals surface area (Å²) in [6.45, 7) is 9.00. The van der Waals surface area contributed by atoms with Gasteiger partial charge in [0.05, 0.1) is 6.26 Å². The van der Waals surface area contributed by atoms with E-state index in [2.05, 4.69) is 34.0 Å². The van der Waals surface area contributed by atoms with Crippen LogP contribution in [0.3, 0.4) is 0 Å². The number of carbonyl (C=O) groups is 1. The average molecular weight is 343 g/mol. The second-order valence-electron chi connectivity index (χ2n) is 6.40. The molecule has 1 unspecified atom stereocenters. The number of hydrogen-bond acceptors (Lipinski definition) is 6. The number of rotatable bonds is 5. The molecule has 1 atom stereocenters. The summed E-state index contributed by atoms with van der Waals surface area (Å²) in [7, 11) is 0. The number of carbonyl (C=O) groups excluding carboxylic acids is 1. The molecule has 3 rings (SSSR count). The fourth-order valence-electron chi connectivity index (χ4n) is 2.80. The maximum Gasteiger partial charge on any atom is 0.289 e. The maximum absolute atomic E-state index is 12.3. The van der Waals surface area contributed by atoms with E-state index in [4.69, 9.17) is 4.42 Å². The van der Waals surface area contributed by atoms with Crippen LogP contribution < -0.4 is 10.2 Å². The minimum absolute atomic E-state index is 0.0531. The summed E-state index contributed by atoms with van der Waals surface area (Å²) >= 11 is 0. The quantitative estimate of drug-likeness (QED) is 0.899. The van der Waals surface area contributed by atoms with Crippen molar-refractivity contribution in [1.82, 2.24) is 14.9 Å². The van der Waals surface area contributed by atoms with Gasteiger partial charge in [-0.2, -0.15) is 4.98 Å². The predicted molar refractivity (Wildman–Crippen MR) is 97.0 cm³/mol. The Hall–Kier alpha value is -2.57. The molecule has 0 saturated carbocycles. The van der Waals surface area contributed by atoms with Crippen LogP contribution in [0, 0.1) is 6.92 Å². The van der Waals surface area contributed by atoms with Gasteiger partial charge >= 0.3 is 0 Å². The molecule has 1 aliphatic rings. The van der Waals surface area contributed by atoms with E-state index in [1.165, 1.54) is 6.26 Å². The first-order valence-electron chi connectivity index (χ1n) is 8.76. The van der Waals surface area contributed by atoms with E-state index in [1.54, 1.807) is 12.1 Å². The number of anilines is 2. The number of nitrogens with one attached hydrogen (secondary N) is 1. The smallest absolute Gasteiger partial charge is 0.289 e. The minimum atomic E-state index is -0.0531. The van der Waals surface area contributed by atoms with Crippen molar-refractivity contribution < 1.29 is 9.21 Å². The van der Waals surface area contributed by atoms with Crippen LogP contribution in [-0.2, 0) is 0 Å². The third-order valence-electron chi connectivity index (χ3n) is 4.45. The van der Waals surface area contributed by atoms with Crippen LogP contribution in [0.5, 0.6) is 0 Å². The zero-order chi connectivity index (χ0) is 17.8. The van der Waals surface area contributed by atoms with Gasteiger partial charge in [0.1, 0.15) is 5.82 Å². The Bertz CT molecular complexity index is 708. The Kier molecular flexibility index (Phi) is 5.21. The van der Waals surface area contributed by atoms with Crippen molar-refractivity contribution in [1.29, 1.82) is 0 Å². The maximum atomic E-state index is 12.3. The standard InChI is InChI=1S/C18H25N5O2/c1-4-13(2)19-18-20-14(3)12-16(21-18)22-7-9-23(10-8-22)17(24)15-6-5-11-25-15/h5-6,11-13H,4,7-10H2,1-3H3,(H,19,20,21). The largest absolute Gasteiger partial charge is 0.459 e. The molecule has 134 valence electrons. The van der Waals surface area contributed by atoms with Crippen LogP contribution in [0.2, 0.25) is 0 Å². The summed E-state index contributed by atoms with van der Waals surface area (Å²) in [6.07, 6.45) is 2.54. The van der Waals surface area contributed by atoms with Crippen molar-refractivity contribution in [3.8, 4) is 0 Å². The van der Waals surface area contributed by atoms with Crippen molar-refractivity contribution in [3.05, 3.63) is 35.9 Å². The molecule has 3 heterocycles. The topological polar surface area (TPSA) is 74.5 Å². The summed E-state index contributed by atoms with van der Waals surface area (Å²) in [5, 5.41) is 3.33. The SMILES string of the molecule is CCC(C)Nc1nc(C)cc(N2CCN(C(=O)c3ccco3)CC2)n1. The van der Waals surface area contributed by atoms with Gasteiger partial charge in [-0.1, -0.05) is 6.92 Å². The molecule has 25 heavy (non-hydrogen) atoms. The third-order valence-corrected chi connectivity index (χ3v) is 4.45. The van der Waals surface area contributed by atoms with E-state index in [0.717, 1.165) is 31.0 Å². The first kappa shape index (κ1) is 17.3. The number of nitrogens with zero attached hydrogens (tertiary/aromatic N) is 4. The molecule has 2 aromatic rings. The molecule has 7 nitrogen and oxygen atoms in total. The first-order valence-corrected chi connectivity index (χ1v) is 8.76. The predicted octanol–water partition coefficient (Wildman–Crippen LogP) is 2.55. The lowest BCUT2D eigenvalue weighted by molar-refractivity contribution is 0.0714. The molecular formula is C18H25N5O2. The van der Waals surface area contributed by atoms with Crippen LogP contribution in [-0.4, -0.2) is 53.0 Å². The lowest BCUT2D eigenvalue weighted by Crippen LogP contribution is -2.49. The first-order chi connectivity index (χ1) is 12.1. The molecule has 1 amide bonds. The molecule has 1 saturated heterocycles. The second kappa shape index (κ2) is 7.55. The molecule has 1 N–H and O–H groups in total. The van der Waals surface area contributed by atoms with E-state index < -0.39 is 0 Å². The highest BCUT2D eigenvalue weighted by Crippen LogP contribution is 2.18. The second-order valence-corrected chi connectivity index (χ2v) is 6.40. The summed E-state index contributed by atoms with van der Waals surface area (Å²) in [4.78, 5) is 25.5. The summed E-state index contributed by atoms with van der Waals surface area (Å²) in [5.41, 5.74) is 0.935. The highest BCUT2D eigenvalue weighted by molar-refractivity contribution is 5.91. The van der Waals surface area contributed by atoms with Gasteiger partial charge in [-0.15, -0.1) is 0 Å². The van der Waals surface area contributed by atoms with Gasteiger partial charge in [-0.25, -0.2) is 4.98 Å². The van der Waals surface area contributed by atoms with E-state index in [1.807, 2.05) is 17.9 Å². The Morgan fingerprint density at radius 2 is 2.08 bits per heavy atom. The molecule has 0 aliphatic carbocycles. The summed E-state index contributed by atoms with van der Waals surface area (Å²) < 4.78 is 5.21. The Morgan fingerprint density at radius 1 is 1.32 bits per heavy atom. The van der Waals surface area contributed by atoms with Gasteiger partial charge in [0, 0.05) is 44.0 Å². The molecule has 1 aliphatic heterocycles. The van der Waals surface area contributed by atoms with Crippen molar-refractivity contribution in [2.24, 2.45) is 0 Å². The fourth-order valence-corrected chi connectivity index (χ4v) is 2.80. The number of hydrogen-bond donors (Lipinski definition) is 1. The van der Waals surface area contributed by atoms with E-state index in [0.29, 0.717) is 30.8 Å². The third kappa shape index (κ3) is 4.10. The Labute approximate surface area is 148 Å². The summed E-state index contributed by atoms with van der Waals surface area (Å²) in [5.74, 6) is 1.91. The highest BCUT2D eigenvalue weighted by atomic mass is 16.3. The molecule has 1 fully saturated rings. The Morgan fingerprint density at radius 3 is 2.72 bits per heavy atom. The zero-order valence-electron chi connectivity index (χ0n) is 15.0. The normalized spacial score (nSPS) is 16.0. The molecular weight excluding hydrogens is 318 g/mol. The number of piperazine rings is 1. The lowest BCUT2D eigenvalue weighted by Gasteiger charge is -2.35. The molecule has 0 spiro atoms. The van der Waals surface area contributed by atoms with E-state index in [9.17, 15) is 4.79 Å². The van der Waals surface area contributed by atoms with Crippen LogP contribution in [0.4, 0.5) is 11.8 Å². The van der Waals surface area contributed by atoms with Crippen molar-refractivity contribution >= 4 is 17.7 Å². The van der Waals surface area contributed by atoms with Gasteiger partial charge in [0.25, 0.3) is 5.91 Å². The monoisotopic (exact) mass is 343 g/mol. The highest BCUT2D eigenvalue weighted by Gasteiger charge is 2.24. The van der Waals surface area contributed by atoms with Crippen molar-refractivity contribution in [3.63, 3.8) is 0 Å². The van der Waals surface area contributed by atoms with Gasteiger partial charge in [0.2, 0.25) is 5.95 Å². The molecule has 7 heteroatoms. The molecule has 0 bridgehead atoms. The molecule has 0 radical (unpaired) electrons. The number of amides is 1. The van der Waals surface area contributed by atoms with Crippen LogP contribution >= 0.6 is 0 Å². The number of aryl methyl sites for hydroxylation is 1. The zero-order valence-corrected chi connectivity index (χ0v) is 15.0. The van der Waals surface area contributed by atoms with Gasteiger partial charge in [-0.3, -0.25) is 4.79 Å². The minimum Gasteiger partial charge on any atom is -0.459 e. The van der Waals surface area contributed by atoms with Gasteiger partial charge in [0.15, 0.2) is 5.76 Å². The Balaban J connectivity index is 1.65. The van der Waals surface area contributed by atoms with Crippen molar-refractivity contribution in [2.75, 3.05) is 36.4 Å². The van der Waals surface area contributed by atoms with Gasteiger partial charge in [-0.05, 0) is 32.4 Å². The number of furan rings is 1. The van der Waals surface area contributed by atoms with Crippen LogP contribution in [0.25, 0.3) is 0 Å². The fraction of sp³-hybridized carbons (Fsp3) is 0.500. The summed E-state index contributed by atoms with van der Waals surface area (Å²) in [6, 6.07) is 5.76. The number of aromatic nitrogens is 2. The van der Waals surface area contributed by atoms with Crippen molar-refractivity contribution in [2.45, 2.75) is 33.2 Å². The van der Waals surface area contributed by atoms with Gasteiger partial charge < -0.3 is 19.5 Å². The average Bonchev–Trinajstić information content (AvgIpc) is 3.15.